The molecule has 2 atom stereocenters. The zero-order chi connectivity index (χ0) is 10.4. The highest BCUT2D eigenvalue weighted by molar-refractivity contribution is 5.61. The second-order valence-electron chi connectivity index (χ2n) is 4.55. The van der Waals surface area contributed by atoms with Crippen molar-refractivity contribution in [1.82, 2.24) is 5.32 Å². The number of piperazine rings is 1. The molecule has 0 bridgehead atoms. The number of anilines is 1. The van der Waals surface area contributed by atoms with Crippen molar-refractivity contribution in [2.45, 2.75) is 25.4 Å². The molecule has 0 saturated carbocycles. The monoisotopic (exact) mass is 206 g/mol. The Labute approximate surface area is 89.1 Å². The van der Waals surface area contributed by atoms with Gasteiger partial charge >= 0.3 is 0 Å². The number of nitrogens with one attached hydrogen (secondary N) is 1. The summed E-state index contributed by atoms with van der Waals surface area (Å²) in [5, 5.41) is 3.42. The first kappa shape index (κ1) is 9.16. The van der Waals surface area contributed by atoms with Crippen LogP contribution in [0.1, 0.15) is 12.5 Å². The number of rotatable bonds is 0. The molecule has 3 heteroatoms. The molecule has 1 saturated heterocycles. The van der Waals surface area contributed by atoms with E-state index in [9.17, 15) is 4.39 Å². The van der Waals surface area contributed by atoms with Crippen molar-refractivity contribution in [3.05, 3.63) is 29.6 Å². The molecular formula is C12H15FN2. The Hall–Kier alpha value is -1.09. The van der Waals surface area contributed by atoms with E-state index in [0.717, 1.165) is 25.1 Å². The maximum Gasteiger partial charge on any atom is 0.123 e. The molecule has 80 valence electrons. The van der Waals surface area contributed by atoms with Gasteiger partial charge in [-0.15, -0.1) is 0 Å². The van der Waals surface area contributed by atoms with Crippen LogP contribution in [0.3, 0.4) is 0 Å². The molecule has 2 aliphatic rings. The first-order valence-corrected chi connectivity index (χ1v) is 5.53. The van der Waals surface area contributed by atoms with Crippen molar-refractivity contribution in [1.29, 1.82) is 0 Å². The lowest BCUT2D eigenvalue weighted by Gasteiger charge is -2.38. The normalized spacial score (nSPS) is 28.8. The summed E-state index contributed by atoms with van der Waals surface area (Å²) >= 11 is 0. The standard InChI is InChI=1S/C12H15FN2/c1-8-6-14-7-11-5-9-4-10(13)2-3-12(9)15(8)11/h2-4,8,11,14H,5-7H2,1H3. The Morgan fingerprint density at radius 3 is 3.13 bits per heavy atom. The Bertz CT molecular complexity index is 391. The van der Waals surface area contributed by atoms with Crippen molar-refractivity contribution >= 4 is 5.69 Å². The quantitative estimate of drug-likeness (QED) is 0.693. The summed E-state index contributed by atoms with van der Waals surface area (Å²) in [6, 6.07) is 6.20. The minimum absolute atomic E-state index is 0.116. The van der Waals surface area contributed by atoms with E-state index in [1.165, 1.54) is 5.69 Å². The largest absolute Gasteiger partial charge is 0.363 e. The highest BCUT2D eigenvalue weighted by Crippen LogP contribution is 2.35. The average Bonchev–Trinajstić information content (AvgIpc) is 2.56. The summed E-state index contributed by atoms with van der Waals surface area (Å²) in [4.78, 5) is 2.44. The number of hydrogen-bond acceptors (Lipinski definition) is 2. The fourth-order valence-corrected chi connectivity index (χ4v) is 2.84. The Kier molecular flexibility index (Phi) is 1.96. The summed E-state index contributed by atoms with van der Waals surface area (Å²) in [5.41, 5.74) is 2.39. The number of fused-ring (bicyclic) bond motifs is 3. The van der Waals surface area contributed by atoms with Gasteiger partial charge in [0.1, 0.15) is 5.82 Å². The molecule has 2 heterocycles. The fraction of sp³-hybridized carbons (Fsp3) is 0.500. The predicted octanol–water partition coefficient (Wildman–Crippen LogP) is 1.55. The molecule has 1 N–H and O–H groups in total. The third-order valence-corrected chi connectivity index (χ3v) is 3.46. The highest BCUT2D eigenvalue weighted by Gasteiger charge is 2.34. The molecule has 0 aromatic heterocycles. The van der Waals surface area contributed by atoms with E-state index in [0.29, 0.717) is 12.1 Å². The van der Waals surface area contributed by atoms with E-state index in [1.807, 2.05) is 6.07 Å². The van der Waals surface area contributed by atoms with Crippen LogP contribution in [-0.4, -0.2) is 25.2 Å². The number of nitrogens with zero attached hydrogens (tertiary/aromatic N) is 1. The van der Waals surface area contributed by atoms with Gasteiger partial charge in [-0.25, -0.2) is 4.39 Å². The minimum atomic E-state index is -0.116. The zero-order valence-corrected chi connectivity index (χ0v) is 8.83. The van der Waals surface area contributed by atoms with Gasteiger partial charge in [0.05, 0.1) is 0 Å². The second kappa shape index (κ2) is 3.20. The van der Waals surface area contributed by atoms with Crippen LogP contribution in [0.2, 0.25) is 0 Å². The first-order chi connectivity index (χ1) is 7.25. The topological polar surface area (TPSA) is 15.3 Å². The molecule has 0 radical (unpaired) electrons. The van der Waals surface area contributed by atoms with E-state index >= 15 is 0 Å². The third-order valence-electron chi connectivity index (χ3n) is 3.46. The van der Waals surface area contributed by atoms with Crippen LogP contribution in [0.5, 0.6) is 0 Å². The number of benzene rings is 1. The van der Waals surface area contributed by atoms with Gasteiger partial charge in [-0.05, 0) is 37.1 Å². The summed E-state index contributed by atoms with van der Waals surface area (Å²) < 4.78 is 13.1. The lowest BCUT2D eigenvalue weighted by atomic mass is 10.1. The van der Waals surface area contributed by atoms with Gasteiger partial charge in [-0.1, -0.05) is 0 Å². The van der Waals surface area contributed by atoms with Gasteiger partial charge in [0.25, 0.3) is 0 Å². The minimum Gasteiger partial charge on any atom is -0.363 e. The summed E-state index contributed by atoms with van der Waals surface area (Å²) in [5.74, 6) is -0.116. The van der Waals surface area contributed by atoms with Gasteiger partial charge in [-0.3, -0.25) is 0 Å². The SMILES string of the molecule is CC1CNCC2Cc3cc(F)ccc3N12. The van der Waals surface area contributed by atoms with Crippen LogP contribution in [0.4, 0.5) is 10.1 Å². The molecule has 1 aromatic carbocycles. The molecule has 1 fully saturated rings. The van der Waals surface area contributed by atoms with E-state index in [-0.39, 0.29) is 5.82 Å². The van der Waals surface area contributed by atoms with Gasteiger partial charge < -0.3 is 10.2 Å². The lowest BCUT2D eigenvalue weighted by Crippen LogP contribution is -2.54. The van der Waals surface area contributed by atoms with Crippen molar-refractivity contribution in [2.24, 2.45) is 0 Å². The van der Waals surface area contributed by atoms with Crippen molar-refractivity contribution in [3.63, 3.8) is 0 Å². The maximum atomic E-state index is 13.1. The van der Waals surface area contributed by atoms with Crippen LogP contribution in [-0.2, 0) is 6.42 Å². The predicted molar refractivity (Wildman–Crippen MR) is 58.7 cm³/mol. The van der Waals surface area contributed by atoms with E-state index in [2.05, 4.69) is 17.1 Å². The molecule has 0 amide bonds. The Morgan fingerprint density at radius 2 is 2.27 bits per heavy atom. The molecular weight excluding hydrogens is 191 g/mol. The molecule has 0 aliphatic carbocycles. The molecule has 0 spiro atoms. The Balaban J connectivity index is 2.03. The number of hydrogen-bond donors (Lipinski definition) is 1. The molecule has 3 rings (SSSR count). The zero-order valence-electron chi connectivity index (χ0n) is 8.83. The van der Waals surface area contributed by atoms with E-state index < -0.39 is 0 Å². The van der Waals surface area contributed by atoms with Gasteiger partial charge in [-0.2, -0.15) is 0 Å². The average molecular weight is 206 g/mol. The third kappa shape index (κ3) is 1.34. The first-order valence-electron chi connectivity index (χ1n) is 5.53. The van der Waals surface area contributed by atoms with Gasteiger partial charge in [0.15, 0.2) is 0 Å². The second-order valence-corrected chi connectivity index (χ2v) is 4.55. The van der Waals surface area contributed by atoms with Crippen LogP contribution in [0, 0.1) is 5.82 Å². The van der Waals surface area contributed by atoms with Crippen LogP contribution in [0.25, 0.3) is 0 Å². The highest BCUT2D eigenvalue weighted by atomic mass is 19.1. The molecule has 2 aliphatic heterocycles. The fourth-order valence-electron chi connectivity index (χ4n) is 2.84. The number of halogens is 1. The van der Waals surface area contributed by atoms with Crippen molar-refractivity contribution in [3.8, 4) is 0 Å². The lowest BCUT2D eigenvalue weighted by molar-refractivity contribution is 0.430. The van der Waals surface area contributed by atoms with Crippen molar-refractivity contribution < 1.29 is 4.39 Å². The van der Waals surface area contributed by atoms with Crippen LogP contribution >= 0.6 is 0 Å². The van der Waals surface area contributed by atoms with Crippen molar-refractivity contribution in [2.75, 3.05) is 18.0 Å². The molecule has 1 aromatic rings. The molecule has 2 nitrogen and oxygen atoms in total. The molecule has 2 unspecified atom stereocenters. The smallest absolute Gasteiger partial charge is 0.123 e. The van der Waals surface area contributed by atoms with Gasteiger partial charge in [0.2, 0.25) is 0 Å². The summed E-state index contributed by atoms with van der Waals surface area (Å²) in [6.45, 7) is 4.26. The maximum absolute atomic E-state index is 13.1. The Morgan fingerprint density at radius 1 is 1.40 bits per heavy atom. The summed E-state index contributed by atoms with van der Waals surface area (Å²) in [6.07, 6.45) is 0.977. The summed E-state index contributed by atoms with van der Waals surface area (Å²) in [7, 11) is 0. The van der Waals surface area contributed by atoms with Crippen LogP contribution in [0.15, 0.2) is 18.2 Å². The van der Waals surface area contributed by atoms with Crippen LogP contribution < -0.4 is 10.2 Å². The van der Waals surface area contributed by atoms with E-state index in [4.69, 9.17) is 0 Å². The van der Waals surface area contributed by atoms with Gasteiger partial charge in [0, 0.05) is 30.9 Å². The molecule has 15 heavy (non-hydrogen) atoms. The van der Waals surface area contributed by atoms with E-state index in [1.54, 1.807) is 12.1 Å².